The Balaban J connectivity index is 1.62. The maximum Gasteiger partial charge on any atom is 0.587 e. The average Bonchev–Trinajstić information content (AvgIpc) is 3.30. The monoisotopic (exact) mass is 373 g/mol. The summed E-state index contributed by atoms with van der Waals surface area (Å²) in [6, 6.07) is 10.2. The van der Waals surface area contributed by atoms with Gasteiger partial charge in [0.1, 0.15) is 19.2 Å². The number of hydrogen-bond donors (Lipinski definition) is 0. The summed E-state index contributed by atoms with van der Waals surface area (Å²) in [4.78, 5) is 24.8. The van der Waals surface area contributed by atoms with Gasteiger partial charge in [-0.3, -0.25) is 9.59 Å². The van der Waals surface area contributed by atoms with Crippen molar-refractivity contribution in [3.63, 3.8) is 0 Å². The molecule has 1 aliphatic carbocycles. The summed E-state index contributed by atoms with van der Waals surface area (Å²) < 4.78 is 18.3. The number of carbonyl (C=O) groups excluding carboxylic acids is 2. The summed E-state index contributed by atoms with van der Waals surface area (Å²) in [6.45, 7) is 3.02. The third-order valence-electron chi connectivity index (χ3n) is 6.91. The molecule has 4 rings (SSSR count). The second kappa shape index (κ2) is 6.95. The number of rotatable bonds is 6. The largest absolute Gasteiger partial charge is 0.600 e. The van der Waals surface area contributed by atoms with Crippen LogP contribution in [0.2, 0.25) is 5.82 Å². The molecule has 2 aliphatic heterocycles. The van der Waals surface area contributed by atoms with Gasteiger partial charge in [-0.25, -0.2) is 0 Å². The zero-order valence-electron chi connectivity index (χ0n) is 16.1. The Bertz CT molecular complexity index is 704. The molecule has 3 aliphatic rings. The molecule has 0 N–H and O–H groups in total. The van der Waals surface area contributed by atoms with Crippen LogP contribution in [0.4, 0.5) is 0 Å². The van der Waals surface area contributed by atoms with Crippen LogP contribution in [0.15, 0.2) is 30.3 Å². The van der Waals surface area contributed by atoms with Crippen molar-refractivity contribution in [3.05, 3.63) is 35.9 Å². The molecule has 27 heavy (non-hydrogen) atoms. The van der Waals surface area contributed by atoms with Crippen molar-refractivity contribution >= 4 is 18.6 Å². The molecule has 146 valence electrons. The van der Waals surface area contributed by atoms with Gasteiger partial charge in [0.2, 0.25) is 0 Å². The zero-order valence-corrected chi connectivity index (χ0v) is 16.1. The minimum Gasteiger partial charge on any atom is -0.600 e. The summed E-state index contributed by atoms with van der Waals surface area (Å²) in [5, 5.41) is 0. The highest BCUT2D eigenvalue weighted by atomic mass is 16.7. The molecular weight excluding hydrogens is 345 g/mol. The topological polar surface area (TPSA) is 61.8 Å². The van der Waals surface area contributed by atoms with Crippen LogP contribution in [0.1, 0.15) is 45.1 Å². The molecule has 0 aromatic heterocycles. The highest BCUT2D eigenvalue weighted by Crippen LogP contribution is 2.49. The van der Waals surface area contributed by atoms with E-state index in [1.807, 2.05) is 32.0 Å². The Morgan fingerprint density at radius 1 is 1.15 bits per heavy atom. The van der Waals surface area contributed by atoms with E-state index >= 15 is 0 Å². The number of nitrogens with zero attached hydrogens (tertiary/aromatic N) is 1. The Morgan fingerprint density at radius 3 is 2.44 bits per heavy atom. The van der Waals surface area contributed by atoms with Gasteiger partial charge in [0.25, 0.3) is 0 Å². The lowest BCUT2D eigenvalue weighted by Gasteiger charge is -2.51. The first-order valence-corrected chi connectivity index (χ1v) is 10.1. The van der Waals surface area contributed by atoms with E-state index in [2.05, 4.69) is 12.1 Å². The fourth-order valence-electron chi connectivity index (χ4n) is 5.48. The van der Waals surface area contributed by atoms with Crippen molar-refractivity contribution in [1.29, 1.82) is 0 Å². The molecule has 0 radical (unpaired) electrons. The van der Waals surface area contributed by atoms with E-state index in [9.17, 15) is 9.59 Å². The van der Waals surface area contributed by atoms with Crippen LogP contribution in [0.5, 0.6) is 0 Å². The van der Waals surface area contributed by atoms with Crippen LogP contribution in [-0.2, 0) is 30.2 Å². The molecule has 1 unspecified atom stereocenters. The van der Waals surface area contributed by atoms with E-state index in [1.165, 1.54) is 0 Å². The highest BCUT2D eigenvalue weighted by Gasteiger charge is 2.72. The SMILES string of the molecule is CCC(C)[B-]12OC(=O)C[N+]1([C@H]1CCC[C@@H]1OCc1ccccc1)CC(=O)O2. The van der Waals surface area contributed by atoms with Gasteiger partial charge < -0.3 is 18.4 Å². The maximum atomic E-state index is 12.4. The average molecular weight is 373 g/mol. The van der Waals surface area contributed by atoms with E-state index < -0.39 is 6.69 Å². The van der Waals surface area contributed by atoms with Crippen LogP contribution in [-0.4, -0.2) is 48.3 Å². The van der Waals surface area contributed by atoms with Gasteiger partial charge in [-0.15, -0.1) is 0 Å². The number of ether oxygens (including phenoxy) is 1. The summed E-state index contributed by atoms with van der Waals surface area (Å²) in [5.41, 5.74) is 1.13. The molecule has 1 aromatic carbocycles. The van der Waals surface area contributed by atoms with Crippen LogP contribution in [0, 0.1) is 0 Å². The summed E-state index contributed by atoms with van der Waals surface area (Å²) >= 11 is 0. The number of carbonyl (C=O) groups is 2. The first kappa shape index (κ1) is 18.5. The van der Waals surface area contributed by atoms with E-state index in [4.69, 9.17) is 14.0 Å². The van der Waals surface area contributed by atoms with Gasteiger partial charge in [0.05, 0.1) is 12.6 Å². The fourth-order valence-corrected chi connectivity index (χ4v) is 5.48. The summed E-state index contributed by atoms with van der Waals surface area (Å²) in [7, 11) is 0. The van der Waals surface area contributed by atoms with Crippen LogP contribution in [0.3, 0.4) is 0 Å². The molecule has 0 bridgehead atoms. The molecule has 3 atom stereocenters. The van der Waals surface area contributed by atoms with Gasteiger partial charge in [0, 0.05) is 0 Å². The van der Waals surface area contributed by atoms with E-state index in [-0.39, 0.29) is 43.0 Å². The smallest absolute Gasteiger partial charge is 0.587 e. The molecule has 0 spiro atoms. The maximum absolute atomic E-state index is 12.4. The lowest BCUT2D eigenvalue weighted by Crippen LogP contribution is -2.70. The first-order valence-electron chi connectivity index (χ1n) is 10.1. The molecule has 3 fully saturated rings. The molecule has 2 saturated heterocycles. The molecular formula is C20H28BNO5. The van der Waals surface area contributed by atoms with Crippen molar-refractivity contribution in [1.82, 2.24) is 0 Å². The van der Waals surface area contributed by atoms with Gasteiger partial charge in [-0.05, 0) is 30.6 Å². The van der Waals surface area contributed by atoms with Crippen LogP contribution < -0.4 is 0 Å². The second-order valence-corrected chi connectivity index (χ2v) is 8.35. The molecule has 0 amide bonds. The predicted octanol–water partition coefficient (Wildman–Crippen LogP) is 2.79. The Labute approximate surface area is 160 Å². The minimum absolute atomic E-state index is 0.000452. The Hall–Kier alpha value is -1.86. The molecule has 2 heterocycles. The Morgan fingerprint density at radius 2 is 1.81 bits per heavy atom. The van der Waals surface area contributed by atoms with Crippen molar-refractivity contribution in [2.75, 3.05) is 13.1 Å². The Kier molecular flexibility index (Phi) is 4.76. The predicted molar refractivity (Wildman–Crippen MR) is 100 cm³/mol. The number of quaternary nitrogens is 1. The number of benzene rings is 1. The first-order chi connectivity index (χ1) is 13.0. The van der Waals surface area contributed by atoms with Crippen molar-refractivity contribution in [3.8, 4) is 0 Å². The third kappa shape index (κ3) is 2.88. The molecule has 6 nitrogen and oxygen atoms in total. The van der Waals surface area contributed by atoms with Crippen LogP contribution in [0.25, 0.3) is 0 Å². The van der Waals surface area contributed by atoms with Crippen molar-refractivity contribution < 1.29 is 28.0 Å². The van der Waals surface area contributed by atoms with Gasteiger partial charge in [-0.2, -0.15) is 0 Å². The van der Waals surface area contributed by atoms with Gasteiger partial charge in [0.15, 0.2) is 0 Å². The van der Waals surface area contributed by atoms with Crippen LogP contribution >= 0.6 is 0 Å². The van der Waals surface area contributed by atoms with E-state index in [0.29, 0.717) is 11.0 Å². The second-order valence-electron chi connectivity index (χ2n) is 8.35. The van der Waals surface area contributed by atoms with E-state index in [1.54, 1.807) is 0 Å². The lowest BCUT2D eigenvalue weighted by atomic mass is 9.54. The third-order valence-corrected chi connectivity index (χ3v) is 6.91. The van der Waals surface area contributed by atoms with Gasteiger partial charge in [-0.1, -0.05) is 50.6 Å². The lowest BCUT2D eigenvalue weighted by molar-refractivity contribution is -0.846. The summed E-state index contributed by atoms with van der Waals surface area (Å²) in [6.07, 6.45) is 3.68. The number of hydrogen-bond acceptors (Lipinski definition) is 5. The normalized spacial score (nSPS) is 36.4. The van der Waals surface area contributed by atoms with E-state index in [0.717, 1.165) is 31.2 Å². The quantitative estimate of drug-likeness (QED) is 0.718. The molecule has 1 aromatic rings. The highest BCUT2D eigenvalue weighted by molar-refractivity contribution is 6.67. The van der Waals surface area contributed by atoms with Crippen molar-refractivity contribution in [2.24, 2.45) is 0 Å². The molecule has 1 saturated carbocycles. The zero-order chi connectivity index (χ0) is 19.1. The van der Waals surface area contributed by atoms with Crippen molar-refractivity contribution in [2.45, 2.75) is 64.1 Å². The number of fused-ring (bicyclic) bond motifs is 1. The molecule has 7 heteroatoms. The summed E-state index contributed by atoms with van der Waals surface area (Å²) in [5.74, 6) is -0.508. The standard InChI is InChI=1S/C20H28BNO5/c1-3-15(2)21-22(12-19(23)26-21,13-20(24)27-21)17-10-7-11-18(17)25-14-16-8-5-4-6-9-16/h4-6,8-9,15,17-18H,3,7,10-14H2,1-2H3/t15?,17-,18-,21?,22?/m0/s1. The minimum atomic E-state index is -2.02. The fraction of sp³-hybridized carbons (Fsp3) is 0.600. The van der Waals surface area contributed by atoms with Gasteiger partial charge >= 0.3 is 18.6 Å².